The number of pyridine rings is 1. The highest BCUT2D eigenvalue weighted by Gasteiger charge is 2.23. The zero-order valence-electron chi connectivity index (χ0n) is 8.12. The van der Waals surface area contributed by atoms with Crippen molar-refractivity contribution in [3.8, 4) is 0 Å². The maximum atomic E-state index is 6.03. The Labute approximate surface area is 93.0 Å². The Kier molecular flexibility index (Phi) is 3.19. The van der Waals surface area contributed by atoms with E-state index in [1.165, 1.54) is 24.8 Å². The zero-order chi connectivity index (χ0) is 9.97. The summed E-state index contributed by atoms with van der Waals surface area (Å²) in [6, 6.07) is 2.53. The molecule has 0 saturated heterocycles. The highest BCUT2D eigenvalue weighted by molar-refractivity contribution is 9.10. The van der Waals surface area contributed by atoms with E-state index in [-0.39, 0.29) is 0 Å². The van der Waals surface area contributed by atoms with Gasteiger partial charge in [0.1, 0.15) is 0 Å². The van der Waals surface area contributed by atoms with Crippen LogP contribution in [0.5, 0.6) is 0 Å². The molecule has 14 heavy (non-hydrogen) atoms. The lowest BCUT2D eigenvalue weighted by Gasteiger charge is -2.14. The second-order valence-electron chi connectivity index (χ2n) is 4.07. The molecule has 0 bridgehead atoms. The van der Waals surface area contributed by atoms with Gasteiger partial charge in [0.15, 0.2) is 0 Å². The predicted octanol–water partition coefficient (Wildman–Crippen LogP) is 2.51. The van der Waals surface area contributed by atoms with Crippen molar-refractivity contribution < 1.29 is 0 Å². The summed E-state index contributed by atoms with van der Waals surface area (Å²) >= 11 is 3.43. The first kappa shape index (κ1) is 10.1. The zero-order valence-corrected chi connectivity index (χ0v) is 9.70. The summed E-state index contributed by atoms with van der Waals surface area (Å²) < 4.78 is 1.06. The van der Waals surface area contributed by atoms with Gasteiger partial charge in [-0.25, -0.2) is 0 Å². The third-order valence-corrected chi connectivity index (χ3v) is 3.41. The predicted molar refractivity (Wildman–Crippen MR) is 61.0 cm³/mol. The standard InChI is InChI=1S/C11H15BrN2/c12-10-5-8(6-14-7-10)4-9-2-1-3-11(9)13/h5-7,9,11H,1-4,13H2. The van der Waals surface area contributed by atoms with Gasteiger partial charge in [-0.15, -0.1) is 0 Å². The molecule has 1 aromatic rings. The molecule has 0 radical (unpaired) electrons. The summed E-state index contributed by atoms with van der Waals surface area (Å²) in [5.41, 5.74) is 7.33. The quantitative estimate of drug-likeness (QED) is 0.881. The van der Waals surface area contributed by atoms with Crippen LogP contribution in [0.4, 0.5) is 0 Å². The molecule has 2 atom stereocenters. The molecule has 0 aliphatic heterocycles. The van der Waals surface area contributed by atoms with E-state index >= 15 is 0 Å². The Balaban J connectivity index is 2.03. The van der Waals surface area contributed by atoms with Crippen LogP contribution in [0.15, 0.2) is 22.9 Å². The Hall–Kier alpha value is -0.410. The summed E-state index contributed by atoms with van der Waals surface area (Å²) in [7, 11) is 0. The molecule has 2 N–H and O–H groups in total. The van der Waals surface area contributed by atoms with Crippen molar-refractivity contribution in [3.05, 3.63) is 28.5 Å². The number of hydrogen-bond donors (Lipinski definition) is 1. The summed E-state index contributed by atoms with van der Waals surface area (Å²) in [6.45, 7) is 0. The maximum absolute atomic E-state index is 6.03. The van der Waals surface area contributed by atoms with Crippen LogP contribution in [0, 0.1) is 5.92 Å². The lowest BCUT2D eigenvalue weighted by molar-refractivity contribution is 0.478. The van der Waals surface area contributed by atoms with Crippen LogP contribution in [0.1, 0.15) is 24.8 Å². The van der Waals surface area contributed by atoms with Gasteiger partial charge in [0.05, 0.1) is 0 Å². The molecule has 1 aliphatic rings. The van der Waals surface area contributed by atoms with E-state index in [0.29, 0.717) is 12.0 Å². The van der Waals surface area contributed by atoms with Gasteiger partial charge >= 0.3 is 0 Å². The molecular formula is C11H15BrN2. The number of halogens is 1. The second-order valence-corrected chi connectivity index (χ2v) is 4.99. The van der Waals surface area contributed by atoms with Crippen molar-refractivity contribution in [1.82, 2.24) is 4.98 Å². The van der Waals surface area contributed by atoms with Crippen molar-refractivity contribution in [2.24, 2.45) is 11.7 Å². The average molecular weight is 255 g/mol. The lowest BCUT2D eigenvalue weighted by Crippen LogP contribution is -2.25. The van der Waals surface area contributed by atoms with Gasteiger partial charge in [-0.2, -0.15) is 0 Å². The molecule has 1 heterocycles. The monoisotopic (exact) mass is 254 g/mol. The van der Waals surface area contributed by atoms with Gasteiger partial charge in [-0.1, -0.05) is 6.42 Å². The Morgan fingerprint density at radius 1 is 1.43 bits per heavy atom. The molecule has 3 heteroatoms. The smallest absolute Gasteiger partial charge is 0.0410 e. The van der Waals surface area contributed by atoms with E-state index < -0.39 is 0 Å². The number of nitrogens with zero attached hydrogens (tertiary/aromatic N) is 1. The first-order valence-electron chi connectivity index (χ1n) is 5.11. The molecular weight excluding hydrogens is 240 g/mol. The molecule has 2 nitrogen and oxygen atoms in total. The summed E-state index contributed by atoms with van der Waals surface area (Å²) in [4.78, 5) is 4.16. The fourth-order valence-corrected chi connectivity index (χ4v) is 2.60. The van der Waals surface area contributed by atoms with Gasteiger partial charge in [0.2, 0.25) is 0 Å². The fourth-order valence-electron chi connectivity index (χ4n) is 2.19. The van der Waals surface area contributed by atoms with Gasteiger partial charge < -0.3 is 5.73 Å². The minimum Gasteiger partial charge on any atom is -0.327 e. The summed E-state index contributed by atoms with van der Waals surface area (Å²) in [6.07, 6.45) is 8.58. The molecule has 2 rings (SSSR count). The first-order valence-corrected chi connectivity index (χ1v) is 5.90. The maximum Gasteiger partial charge on any atom is 0.0410 e. The SMILES string of the molecule is NC1CCCC1Cc1cncc(Br)c1. The molecule has 2 unspecified atom stereocenters. The van der Waals surface area contributed by atoms with E-state index in [9.17, 15) is 0 Å². The second kappa shape index (κ2) is 4.41. The third-order valence-electron chi connectivity index (χ3n) is 2.98. The average Bonchev–Trinajstić information content (AvgIpc) is 2.52. The lowest BCUT2D eigenvalue weighted by atomic mass is 9.96. The molecule has 0 aromatic carbocycles. The van der Waals surface area contributed by atoms with Crippen LogP contribution in [-0.2, 0) is 6.42 Å². The van der Waals surface area contributed by atoms with Crippen molar-refractivity contribution >= 4 is 15.9 Å². The van der Waals surface area contributed by atoms with E-state index in [0.717, 1.165) is 10.9 Å². The van der Waals surface area contributed by atoms with E-state index in [4.69, 9.17) is 5.73 Å². The largest absolute Gasteiger partial charge is 0.327 e. The topological polar surface area (TPSA) is 38.9 Å². The third kappa shape index (κ3) is 2.34. The highest BCUT2D eigenvalue weighted by atomic mass is 79.9. The fraction of sp³-hybridized carbons (Fsp3) is 0.545. The Morgan fingerprint density at radius 3 is 2.93 bits per heavy atom. The van der Waals surface area contributed by atoms with Crippen LogP contribution in [0.3, 0.4) is 0 Å². The van der Waals surface area contributed by atoms with E-state index in [1.807, 2.05) is 12.4 Å². The molecule has 1 aliphatic carbocycles. The molecule has 1 fully saturated rings. The van der Waals surface area contributed by atoms with Crippen molar-refractivity contribution in [2.45, 2.75) is 31.7 Å². The number of rotatable bonds is 2. The van der Waals surface area contributed by atoms with Crippen LogP contribution < -0.4 is 5.73 Å². The number of nitrogens with two attached hydrogens (primary N) is 1. The molecule has 76 valence electrons. The molecule has 1 aromatic heterocycles. The highest BCUT2D eigenvalue weighted by Crippen LogP contribution is 2.27. The molecule has 1 saturated carbocycles. The van der Waals surface area contributed by atoms with Crippen molar-refractivity contribution in [1.29, 1.82) is 0 Å². The van der Waals surface area contributed by atoms with Gasteiger partial charge in [-0.3, -0.25) is 4.98 Å². The van der Waals surface area contributed by atoms with E-state index in [2.05, 4.69) is 27.0 Å². The van der Waals surface area contributed by atoms with Crippen LogP contribution >= 0.6 is 15.9 Å². The van der Waals surface area contributed by atoms with Crippen molar-refractivity contribution in [2.75, 3.05) is 0 Å². The van der Waals surface area contributed by atoms with Gasteiger partial charge in [0.25, 0.3) is 0 Å². The number of hydrogen-bond acceptors (Lipinski definition) is 2. The van der Waals surface area contributed by atoms with E-state index in [1.54, 1.807) is 0 Å². The van der Waals surface area contributed by atoms with Crippen molar-refractivity contribution in [3.63, 3.8) is 0 Å². The first-order chi connectivity index (χ1) is 6.75. The van der Waals surface area contributed by atoms with Crippen LogP contribution in [0.2, 0.25) is 0 Å². The molecule has 0 amide bonds. The molecule has 0 spiro atoms. The van der Waals surface area contributed by atoms with Gasteiger partial charge in [-0.05, 0) is 52.7 Å². The Morgan fingerprint density at radius 2 is 2.29 bits per heavy atom. The van der Waals surface area contributed by atoms with Crippen LogP contribution in [-0.4, -0.2) is 11.0 Å². The minimum atomic E-state index is 0.397. The minimum absolute atomic E-state index is 0.397. The van der Waals surface area contributed by atoms with Crippen LogP contribution in [0.25, 0.3) is 0 Å². The number of aromatic nitrogens is 1. The Bertz CT molecular complexity index is 314. The normalized spacial score (nSPS) is 26.7. The summed E-state index contributed by atoms with van der Waals surface area (Å²) in [5, 5.41) is 0. The van der Waals surface area contributed by atoms with Gasteiger partial charge in [0, 0.05) is 22.9 Å². The summed E-state index contributed by atoms with van der Waals surface area (Å²) in [5.74, 6) is 0.658.